The number of hydrazine groups is 1. The summed E-state index contributed by atoms with van der Waals surface area (Å²) in [5, 5.41) is 0. The molecule has 0 amide bonds. The van der Waals surface area contributed by atoms with E-state index in [9.17, 15) is 13.2 Å². The number of para-hydroxylation sites is 1. The van der Waals surface area contributed by atoms with Gasteiger partial charge in [0.2, 0.25) is 0 Å². The molecular weight excluding hydrogens is 281 g/mol. The Kier molecular flexibility index (Phi) is 4.70. The standard InChI is InChI=1S/C15H15F3N2O/c1-21-14-9-5-8-13(15(16,17)18)12(14)10-19-20-11-6-3-2-4-7-11/h2-9,19-20H,10H2,1H3. The summed E-state index contributed by atoms with van der Waals surface area (Å²) in [7, 11) is 1.35. The summed E-state index contributed by atoms with van der Waals surface area (Å²) in [5.74, 6) is 0.201. The number of hydrogen-bond acceptors (Lipinski definition) is 3. The zero-order valence-electron chi connectivity index (χ0n) is 11.4. The van der Waals surface area contributed by atoms with Crippen molar-refractivity contribution in [2.75, 3.05) is 12.5 Å². The van der Waals surface area contributed by atoms with E-state index >= 15 is 0 Å². The highest BCUT2D eigenvalue weighted by Crippen LogP contribution is 2.35. The lowest BCUT2D eigenvalue weighted by Crippen LogP contribution is -2.23. The second-order valence-electron chi connectivity index (χ2n) is 4.33. The first kappa shape index (κ1) is 15.2. The van der Waals surface area contributed by atoms with Crippen molar-refractivity contribution in [3.8, 4) is 5.75 Å². The molecular formula is C15H15F3N2O. The van der Waals surface area contributed by atoms with Gasteiger partial charge in [0.1, 0.15) is 5.75 Å². The molecule has 0 saturated carbocycles. The minimum atomic E-state index is -4.42. The van der Waals surface area contributed by atoms with Crippen LogP contribution in [0.3, 0.4) is 0 Å². The van der Waals surface area contributed by atoms with Crippen LogP contribution in [0.4, 0.5) is 18.9 Å². The summed E-state index contributed by atoms with van der Waals surface area (Å²) in [4.78, 5) is 0. The highest BCUT2D eigenvalue weighted by atomic mass is 19.4. The molecule has 0 unspecified atom stereocenters. The van der Waals surface area contributed by atoms with Crippen LogP contribution in [0, 0.1) is 0 Å². The average molecular weight is 296 g/mol. The Hall–Kier alpha value is -2.21. The molecule has 0 aromatic heterocycles. The summed E-state index contributed by atoms with van der Waals surface area (Å²) in [6, 6.07) is 13.0. The van der Waals surface area contributed by atoms with E-state index in [0.717, 1.165) is 11.8 Å². The third-order valence-corrected chi connectivity index (χ3v) is 2.93. The van der Waals surface area contributed by atoms with Gasteiger partial charge in [0.15, 0.2) is 0 Å². The van der Waals surface area contributed by atoms with Crippen LogP contribution in [0.15, 0.2) is 48.5 Å². The zero-order valence-corrected chi connectivity index (χ0v) is 11.4. The summed E-state index contributed by atoms with van der Waals surface area (Å²) < 4.78 is 44.0. The van der Waals surface area contributed by atoms with E-state index in [2.05, 4.69) is 10.9 Å². The maximum atomic E-state index is 13.0. The van der Waals surface area contributed by atoms with Crippen LogP contribution in [0.2, 0.25) is 0 Å². The van der Waals surface area contributed by atoms with Crippen molar-refractivity contribution >= 4 is 5.69 Å². The molecule has 2 aromatic rings. The van der Waals surface area contributed by atoms with E-state index in [0.29, 0.717) is 0 Å². The Labute approximate surface area is 120 Å². The lowest BCUT2D eigenvalue weighted by molar-refractivity contribution is -0.138. The molecule has 112 valence electrons. The molecule has 2 N–H and O–H groups in total. The van der Waals surface area contributed by atoms with Gasteiger partial charge in [0.05, 0.1) is 12.7 Å². The maximum Gasteiger partial charge on any atom is 0.416 e. The lowest BCUT2D eigenvalue weighted by atomic mass is 10.1. The minimum absolute atomic E-state index is 0.0201. The van der Waals surface area contributed by atoms with Gasteiger partial charge in [-0.05, 0) is 24.3 Å². The fourth-order valence-electron chi connectivity index (χ4n) is 1.96. The smallest absolute Gasteiger partial charge is 0.416 e. The number of alkyl halides is 3. The predicted octanol–water partition coefficient (Wildman–Crippen LogP) is 3.83. The SMILES string of the molecule is COc1cccc(C(F)(F)F)c1CNNc1ccccc1. The molecule has 2 rings (SSSR count). The van der Waals surface area contributed by atoms with Crippen molar-refractivity contribution < 1.29 is 17.9 Å². The molecule has 0 bridgehead atoms. The molecule has 0 fully saturated rings. The lowest BCUT2D eigenvalue weighted by Gasteiger charge is -2.17. The van der Waals surface area contributed by atoms with Gasteiger partial charge in [-0.2, -0.15) is 13.2 Å². The molecule has 0 heterocycles. The average Bonchev–Trinajstić information content (AvgIpc) is 2.47. The summed E-state index contributed by atoms with van der Waals surface area (Å²) in [6.07, 6.45) is -4.42. The minimum Gasteiger partial charge on any atom is -0.496 e. The van der Waals surface area contributed by atoms with Crippen molar-refractivity contribution in [2.45, 2.75) is 12.7 Å². The van der Waals surface area contributed by atoms with E-state index in [1.54, 1.807) is 12.1 Å². The number of methoxy groups -OCH3 is 1. The van der Waals surface area contributed by atoms with E-state index < -0.39 is 11.7 Å². The molecule has 0 atom stereocenters. The highest BCUT2D eigenvalue weighted by Gasteiger charge is 2.34. The van der Waals surface area contributed by atoms with E-state index in [1.807, 2.05) is 18.2 Å². The first-order valence-electron chi connectivity index (χ1n) is 6.29. The van der Waals surface area contributed by atoms with Crippen LogP contribution in [-0.2, 0) is 12.7 Å². The van der Waals surface area contributed by atoms with E-state index in [4.69, 9.17) is 4.74 Å². The number of benzene rings is 2. The first-order chi connectivity index (χ1) is 10.0. The molecule has 0 aliphatic carbocycles. The monoisotopic (exact) mass is 296 g/mol. The Morgan fingerprint density at radius 2 is 1.71 bits per heavy atom. The molecule has 0 aliphatic rings. The van der Waals surface area contributed by atoms with Crippen molar-refractivity contribution in [1.29, 1.82) is 0 Å². The van der Waals surface area contributed by atoms with Gasteiger partial charge in [-0.1, -0.05) is 24.3 Å². The number of halogens is 3. The predicted molar refractivity (Wildman–Crippen MR) is 74.9 cm³/mol. The third kappa shape index (κ3) is 3.88. The summed E-state index contributed by atoms with van der Waals surface area (Å²) in [6.45, 7) is -0.0201. The van der Waals surface area contributed by atoms with Crippen LogP contribution in [0.25, 0.3) is 0 Å². The Balaban J connectivity index is 2.15. The Morgan fingerprint density at radius 3 is 2.33 bits per heavy atom. The summed E-state index contributed by atoms with van der Waals surface area (Å²) >= 11 is 0. The largest absolute Gasteiger partial charge is 0.496 e. The van der Waals surface area contributed by atoms with E-state index in [1.165, 1.54) is 19.2 Å². The van der Waals surface area contributed by atoms with Crippen molar-refractivity contribution in [3.05, 3.63) is 59.7 Å². The van der Waals surface area contributed by atoms with Crippen LogP contribution in [-0.4, -0.2) is 7.11 Å². The Bertz CT molecular complexity index is 585. The molecule has 0 aliphatic heterocycles. The second-order valence-corrected chi connectivity index (χ2v) is 4.33. The van der Waals surface area contributed by atoms with Gasteiger partial charge in [-0.25, -0.2) is 5.43 Å². The third-order valence-electron chi connectivity index (χ3n) is 2.93. The van der Waals surface area contributed by atoms with Crippen molar-refractivity contribution in [2.24, 2.45) is 0 Å². The molecule has 0 radical (unpaired) electrons. The van der Waals surface area contributed by atoms with Crippen molar-refractivity contribution in [3.63, 3.8) is 0 Å². The van der Waals surface area contributed by atoms with Gasteiger partial charge in [0.25, 0.3) is 0 Å². The van der Waals surface area contributed by atoms with Gasteiger partial charge in [-0.15, -0.1) is 0 Å². The highest BCUT2D eigenvalue weighted by molar-refractivity contribution is 5.44. The number of nitrogens with one attached hydrogen (secondary N) is 2. The van der Waals surface area contributed by atoms with Crippen LogP contribution in [0.5, 0.6) is 5.75 Å². The quantitative estimate of drug-likeness (QED) is 0.823. The maximum absolute atomic E-state index is 13.0. The molecule has 21 heavy (non-hydrogen) atoms. The fraction of sp³-hybridized carbons (Fsp3) is 0.200. The van der Waals surface area contributed by atoms with Gasteiger partial charge < -0.3 is 10.2 Å². The molecule has 2 aromatic carbocycles. The fourth-order valence-corrected chi connectivity index (χ4v) is 1.96. The van der Waals surface area contributed by atoms with E-state index in [-0.39, 0.29) is 17.9 Å². The number of anilines is 1. The van der Waals surface area contributed by atoms with Crippen molar-refractivity contribution in [1.82, 2.24) is 5.43 Å². The van der Waals surface area contributed by atoms with Gasteiger partial charge >= 0.3 is 6.18 Å². The molecule has 3 nitrogen and oxygen atoms in total. The normalized spacial score (nSPS) is 11.2. The summed E-state index contributed by atoms with van der Waals surface area (Å²) in [5.41, 5.74) is 5.75. The van der Waals surface area contributed by atoms with Crippen LogP contribution >= 0.6 is 0 Å². The number of ether oxygens (including phenoxy) is 1. The molecule has 6 heteroatoms. The Morgan fingerprint density at radius 1 is 1.00 bits per heavy atom. The molecule has 0 saturated heterocycles. The topological polar surface area (TPSA) is 33.3 Å². The van der Waals surface area contributed by atoms with Gasteiger partial charge in [-0.3, -0.25) is 0 Å². The van der Waals surface area contributed by atoms with Crippen LogP contribution < -0.4 is 15.6 Å². The second kappa shape index (κ2) is 6.49. The molecule has 0 spiro atoms. The number of rotatable bonds is 5. The van der Waals surface area contributed by atoms with Crippen LogP contribution in [0.1, 0.15) is 11.1 Å². The zero-order chi connectivity index (χ0) is 15.3. The number of hydrogen-bond donors (Lipinski definition) is 2. The first-order valence-corrected chi connectivity index (χ1v) is 6.29. The van der Waals surface area contributed by atoms with Gasteiger partial charge in [0, 0.05) is 17.8 Å².